The number of nitro benzene ring substituents is 1. The normalized spacial score (nSPS) is 11.0. The number of aldehydes is 1. The number of fused-ring (bicyclic) bond motifs is 1. The SMILES string of the molecule is O=Cc1cc(N=Nc2ccc([N+](=O)[O-])cc2)c2cccnc2c1O. The Balaban J connectivity index is 2.04. The first-order valence-corrected chi connectivity index (χ1v) is 6.82. The van der Waals surface area contributed by atoms with E-state index in [-0.39, 0.29) is 22.5 Å². The molecule has 0 bridgehead atoms. The largest absolute Gasteiger partial charge is 0.505 e. The number of hydrogen-bond donors (Lipinski definition) is 1. The highest BCUT2D eigenvalue weighted by molar-refractivity contribution is 6.00. The van der Waals surface area contributed by atoms with Crippen LogP contribution in [0.3, 0.4) is 0 Å². The van der Waals surface area contributed by atoms with Crippen molar-refractivity contribution in [3.8, 4) is 5.75 Å². The van der Waals surface area contributed by atoms with E-state index in [1.54, 1.807) is 12.1 Å². The van der Waals surface area contributed by atoms with Gasteiger partial charge in [-0.15, -0.1) is 5.11 Å². The maximum atomic E-state index is 11.1. The van der Waals surface area contributed by atoms with E-state index >= 15 is 0 Å². The average Bonchev–Trinajstić information content (AvgIpc) is 2.61. The number of rotatable bonds is 4. The fraction of sp³-hybridized carbons (Fsp3) is 0. The topological polar surface area (TPSA) is 118 Å². The van der Waals surface area contributed by atoms with Crippen LogP contribution >= 0.6 is 0 Å². The lowest BCUT2D eigenvalue weighted by Crippen LogP contribution is -1.87. The third-order valence-corrected chi connectivity index (χ3v) is 3.33. The molecule has 2 aromatic carbocycles. The zero-order valence-electron chi connectivity index (χ0n) is 12.2. The zero-order valence-corrected chi connectivity index (χ0v) is 12.2. The predicted octanol–water partition coefficient (Wildman–Crippen LogP) is 4.08. The van der Waals surface area contributed by atoms with Gasteiger partial charge in [0.2, 0.25) is 0 Å². The molecule has 3 rings (SSSR count). The second kappa shape index (κ2) is 6.21. The van der Waals surface area contributed by atoms with Gasteiger partial charge in [0.1, 0.15) is 5.52 Å². The lowest BCUT2D eigenvalue weighted by molar-refractivity contribution is -0.384. The molecule has 0 unspecified atom stereocenters. The molecule has 3 aromatic rings. The van der Waals surface area contributed by atoms with Crippen LogP contribution in [0.2, 0.25) is 0 Å². The minimum Gasteiger partial charge on any atom is -0.505 e. The fourth-order valence-electron chi connectivity index (χ4n) is 2.16. The maximum absolute atomic E-state index is 11.1. The number of hydrogen-bond acceptors (Lipinski definition) is 7. The van der Waals surface area contributed by atoms with Gasteiger partial charge in [0.15, 0.2) is 12.0 Å². The van der Waals surface area contributed by atoms with Gasteiger partial charge in [-0.05, 0) is 30.3 Å². The number of benzene rings is 2. The highest BCUT2D eigenvalue weighted by Crippen LogP contribution is 2.34. The third kappa shape index (κ3) is 2.80. The summed E-state index contributed by atoms with van der Waals surface area (Å²) in [5.74, 6) is -0.213. The van der Waals surface area contributed by atoms with Crippen LogP contribution in [0.5, 0.6) is 5.75 Å². The Kier molecular flexibility index (Phi) is 3.94. The van der Waals surface area contributed by atoms with Gasteiger partial charge in [-0.1, -0.05) is 0 Å². The van der Waals surface area contributed by atoms with Crippen LogP contribution in [-0.4, -0.2) is 21.3 Å². The number of phenolic OH excluding ortho intramolecular Hbond substituents is 1. The second-order valence-electron chi connectivity index (χ2n) is 4.82. The van der Waals surface area contributed by atoms with E-state index < -0.39 is 4.92 Å². The lowest BCUT2D eigenvalue weighted by Gasteiger charge is -2.05. The summed E-state index contributed by atoms with van der Waals surface area (Å²) in [6.45, 7) is 0. The van der Waals surface area contributed by atoms with Crippen molar-refractivity contribution in [2.24, 2.45) is 10.2 Å². The van der Waals surface area contributed by atoms with Crippen molar-refractivity contribution < 1.29 is 14.8 Å². The molecule has 0 aliphatic carbocycles. The molecule has 0 aliphatic heterocycles. The number of aromatic nitrogens is 1. The van der Waals surface area contributed by atoms with E-state index in [1.165, 1.54) is 36.5 Å². The minimum absolute atomic E-state index is 0.0449. The van der Waals surface area contributed by atoms with Crippen molar-refractivity contribution in [2.45, 2.75) is 0 Å². The van der Waals surface area contributed by atoms with Crippen molar-refractivity contribution >= 4 is 34.3 Å². The first kappa shape index (κ1) is 15.2. The third-order valence-electron chi connectivity index (χ3n) is 3.33. The zero-order chi connectivity index (χ0) is 17.1. The molecule has 8 nitrogen and oxygen atoms in total. The van der Waals surface area contributed by atoms with Gasteiger partial charge in [0.05, 0.1) is 21.9 Å². The molecular formula is C16H10N4O4. The van der Waals surface area contributed by atoms with Crippen LogP contribution in [0.25, 0.3) is 10.9 Å². The summed E-state index contributed by atoms with van der Waals surface area (Å²) in [7, 11) is 0. The van der Waals surface area contributed by atoms with Gasteiger partial charge in [0.25, 0.3) is 5.69 Å². The Labute approximate surface area is 135 Å². The number of azo groups is 1. The second-order valence-corrected chi connectivity index (χ2v) is 4.82. The fourth-order valence-corrected chi connectivity index (χ4v) is 2.16. The van der Waals surface area contributed by atoms with Crippen LogP contribution in [0, 0.1) is 10.1 Å². The Morgan fingerprint density at radius 1 is 1.17 bits per heavy atom. The molecule has 0 aliphatic rings. The van der Waals surface area contributed by atoms with Crippen LogP contribution in [0.4, 0.5) is 17.1 Å². The van der Waals surface area contributed by atoms with E-state index in [0.29, 0.717) is 23.0 Å². The highest BCUT2D eigenvalue weighted by atomic mass is 16.6. The quantitative estimate of drug-likeness (QED) is 0.336. The predicted molar refractivity (Wildman–Crippen MR) is 86.1 cm³/mol. The van der Waals surface area contributed by atoms with E-state index in [4.69, 9.17) is 0 Å². The number of nitrogens with zero attached hydrogens (tertiary/aromatic N) is 4. The molecule has 0 saturated heterocycles. The molecule has 8 heteroatoms. The summed E-state index contributed by atoms with van der Waals surface area (Å²) in [6.07, 6.45) is 2.00. The van der Waals surface area contributed by atoms with Crippen LogP contribution in [0.1, 0.15) is 10.4 Å². The van der Waals surface area contributed by atoms with Crippen LogP contribution in [-0.2, 0) is 0 Å². The monoisotopic (exact) mass is 322 g/mol. The summed E-state index contributed by atoms with van der Waals surface area (Å²) < 4.78 is 0. The first-order valence-electron chi connectivity index (χ1n) is 6.82. The van der Waals surface area contributed by atoms with Crippen molar-refractivity contribution in [3.63, 3.8) is 0 Å². The molecule has 118 valence electrons. The summed E-state index contributed by atoms with van der Waals surface area (Å²) in [5.41, 5.74) is 1.03. The Hall–Kier alpha value is -3.68. The molecule has 0 spiro atoms. The molecular weight excluding hydrogens is 312 g/mol. The molecule has 0 radical (unpaired) electrons. The van der Waals surface area contributed by atoms with E-state index in [1.807, 2.05) is 0 Å². The number of pyridine rings is 1. The summed E-state index contributed by atoms with van der Waals surface area (Å²) >= 11 is 0. The van der Waals surface area contributed by atoms with E-state index in [2.05, 4.69) is 15.2 Å². The molecule has 0 fully saturated rings. The lowest BCUT2D eigenvalue weighted by atomic mass is 10.1. The van der Waals surface area contributed by atoms with Gasteiger partial charge in [-0.2, -0.15) is 5.11 Å². The van der Waals surface area contributed by atoms with Crippen LogP contribution in [0.15, 0.2) is 58.9 Å². The number of nitro groups is 1. The summed E-state index contributed by atoms with van der Waals surface area (Å²) in [4.78, 5) is 25.3. The molecule has 0 amide bonds. The van der Waals surface area contributed by atoms with E-state index in [9.17, 15) is 20.0 Å². The number of aromatic hydroxyl groups is 1. The molecule has 24 heavy (non-hydrogen) atoms. The van der Waals surface area contributed by atoms with Crippen LogP contribution < -0.4 is 0 Å². The summed E-state index contributed by atoms with van der Waals surface area (Å²) in [6, 6.07) is 10.3. The Bertz CT molecular complexity index is 968. The number of non-ortho nitro benzene ring substituents is 1. The van der Waals surface area contributed by atoms with Gasteiger partial charge in [-0.3, -0.25) is 19.9 Å². The van der Waals surface area contributed by atoms with Crippen molar-refractivity contribution in [1.29, 1.82) is 0 Å². The summed E-state index contributed by atoms with van der Waals surface area (Å²) in [5, 5.41) is 29.3. The molecule has 0 saturated carbocycles. The number of carbonyl (C=O) groups excluding carboxylic acids is 1. The number of carbonyl (C=O) groups is 1. The van der Waals surface area contributed by atoms with E-state index in [0.717, 1.165) is 0 Å². The van der Waals surface area contributed by atoms with Crippen molar-refractivity contribution in [1.82, 2.24) is 4.98 Å². The van der Waals surface area contributed by atoms with Gasteiger partial charge in [0, 0.05) is 23.7 Å². The molecule has 1 aromatic heterocycles. The Morgan fingerprint density at radius 2 is 1.92 bits per heavy atom. The maximum Gasteiger partial charge on any atom is 0.269 e. The average molecular weight is 322 g/mol. The Morgan fingerprint density at radius 3 is 2.58 bits per heavy atom. The molecule has 1 N–H and O–H groups in total. The van der Waals surface area contributed by atoms with Gasteiger partial charge >= 0.3 is 0 Å². The first-order chi connectivity index (χ1) is 11.6. The van der Waals surface area contributed by atoms with Gasteiger partial charge < -0.3 is 5.11 Å². The minimum atomic E-state index is -0.504. The number of phenols is 1. The molecule has 1 heterocycles. The van der Waals surface area contributed by atoms with Crippen molar-refractivity contribution in [2.75, 3.05) is 0 Å². The standard InChI is InChI=1S/C16H10N4O4/c21-9-10-8-14(13-2-1-7-17-15(13)16(10)22)19-18-11-3-5-12(6-4-11)20(23)24/h1-9,22H. The highest BCUT2D eigenvalue weighted by Gasteiger charge is 2.12. The molecule has 0 atom stereocenters. The van der Waals surface area contributed by atoms with Crippen molar-refractivity contribution in [3.05, 3.63) is 64.3 Å². The smallest absolute Gasteiger partial charge is 0.269 e. The van der Waals surface area contributed by atoms with Gasteiger partial charge in [-0.25, -0.2) is 0 Å².